The van der Waals surface area contributed by atoms with E-state index in [1.807, 2.05) is 12.1 Å². The van der Waals surface area contributed by atoms with Gasteiger partial charge in [0.05, 0.1) is 10.4 Å². The van der Waals surface area contributed by atoms with E-state index >= 15 is 0 Å². The lowest BCUT2D eigenvalue weighted by Gasteiger charge is -2.23. The normalized spacial score (nSPS) is 21.9. The first-order valence-electron chi connectivity index (χ1n) is 7.01. The van der Waals surface area contributed by atoms with Crippen molar-refractivity contribution in [1.82, 2.24) is 4.98 Å². The maximum absolute atomic E-state index is 10.8. The third-order valence-corrected chi connectivity index (χ3v) is 4.24. The van der Waals surface area contributed by atoms with Gasteiger partial charge in [0.15, 0.2) is 0 Å². The lowest BCUT2D eigenvalue weighted by molar-refractivity contribution is -0.384. The molecule has 0 aliphatic carbocycles. The van der Waals surface area contributed by atoms with Crippen LogP contribution in [0.4, 0.5) is 11.5 Å². The Hall–Kier alpha value is -2.21. The monoisotopic (exact) mass is 286 g/mol. The Morgan fingerprint density at radius 2 is 2.24 bits per heavy atom. The van der Waals surface area contributed by atoms with Crippen LogP contribution in [-0.2, 0) is 0 Å². The zero-order valence-electron chi connectivity index (χ0n) is 12.0. The van der Waals surface area contributed by atoms with Gasteiger partial charge in [-0.2, -0.15) is 0 Å². The van der Waals surface area contributed by atoms with Crippen molar-refractivity contribution in [2.75, 3.05) is 24.5 Å². The molecule has 1 aromatic heterocycles. The highest BCUT2D eigenvalue weighted by molar-refractivity contribution is 5.82. The number of nitro groups is 1. The zero-order valence-corrected chi connectivity index (χ0v) is 12.0. The van der Waals surface area contributed by atoms with Gasteiger partial charge in [-0.25, -0.2) is 4.98 Å². The molecule has 1 saturated heterocycles. The number of fused-ring (bicyclic) bond motifs is 1. The van der Waals surface area contributed by atoms with Gasteiger partial charge in [-0.1, -0.05) is 6.92 Å². The molecule has 3 rings (SSSR count). The molecule has 1 aliphatic rings. The van der Waals surface area contributed by atoms with Gasteiger partial charge >= 0.3 is 0 Å². The van der Waals surface area contributed by atoms with Crippen molar-refractivity contribution in [2.24, 2.45) is 11.1 Å². The van der Waals surface area contributed by atoms with Crippen molar-refractivity contribution in [3.05, 3.63) is 40.4 Å². The van der Waals surface area contributed by atoms with Gasteiger partial charge in [-0.15, -0.1) is 0 Å². The molecule has 6 heteroatoms. The van der Waals surface area contributed by atoms with Crippen molar-refractivity contribution in [3.63, 3.8) is 0 Å². The van der Waals surface area contributed by atoms with Gasteiger partial charge in [-0.05, 0) is 36.6 Å². The van der Waals surface area contributed by atoms with E-state index in [0.717, 1.165) is 36.2 Å². The molecule has 0 radical (unpaired) electrons. The minimum absolute atomic E-state index is 0.0916. The Bertz CT molecular complexity index is 703. The Labute approximate surface area is 122 Å². The molecule has 1 aliphatic heterocycles. The molecule has 21 heavy (non-hydrogen) atoms. The van der Waals surface area contributed by atoms with E-state index in [2.05, 4.69) is 16.8 Å². The second-order valence-electron chi connectivity index (χ2n) is 5.99. The SMILES string of the molecule is CC1(CN)CCN(c2ccc3cc([N+](=O)[O-])ccc3n2)C1. The van der Waals surface area contributed by atoms with Crippen molar-refractivity contribution in [2.45, 2.75) is 13.3 Å². The van der Waals surface area contributed by atoms with Crippen LogP contribution in [0.2, 0.25) is 0 Å². The summed E-state index contributed by atoms with van der Waals surface area (Å²) >= 11 is 0. The number of hydrogen-bond donors (Lipinski definition) is 1. The Kier molecular flexibility index (Phi) is 3.25. The van der Waals surface area contributed by atoms with Gasteiger partial charge in [0, 0.05) is 30.6 Å². The molecule has 0 spiro atoms. The summed E-state index contributed by atoms with van der Waals surface area (Å²) in [5.41, 5.74) is 6.85. The first kappa shape index (κ1) is 13.8. The second-order valence-corrected chi connectivity index (χ2v) is 5.99. The highest BCUT2D eigenvalue weighted by Gasteiger charge is 2.33. The molecule has 0 saturated carbocycles. The van der Waals surface area contributed by atoms with E-state index in [4.69, 9.17) is 5.73 Å². The van der Waals surface area contributed by atoms with Crippen LogP contribution in [0.1, 0.15) is 13.3 Å². The van der Waals surface area contributed by atoms with Gasteiger partial charge in [0.25, 0.3) is 5.69 Å². The Balaban J connectivity index is 1.92. The summed E-state index contributed by atoms with van der Waals surface area (Å²) in [6.07, 6.45) is 1.06. The Morgan fingerprint density at radius 1 is 1.43 bits per heavy atom. The molecule has 1 atom stereocenters. The number of pyridine rings is 1. The summed E-state index contributed by atoms with van der Waals surface area (Å²) in [5.74, 6) is 0.911. The van der Waals surface area contributed by atoms with Gasteiger partial charge in [0.1, 0.15) is 5.82 Å². The van der Waals surface area contributed by atoms with Crippen LogP contribution >= 0.6 is 0 Å². The number of hydrogen-bond acceptors (Lipinski definition) is 5. The Morgan fingerprint density at radius 3 is 2.90 bits per heavy atom. The van der Waals surface area contributed by atoms with E-state index in [9.17, 15) is 10.1 Å². The second kappa shape index (κ2) is 4.96. The molecular weight excluding hydrogens is 268 g/mol. The van der Waals surface area contributed by atoms with Crippen LogP contribution in [-0.4, -0.2) is 29.5 Å². The number of nitrogens with two attached hydrogens (primary N) is 1. The topological polar surface area (TPSA) is 85.3 Å². The number of rotatable bonds is 3. The molecule has 2 aromatic rings. The number of nitro benzene ring substituents is 1. The minimum Gasteiger partial charge on any atom is -0.356 e. The van der Waals surface area contributed by atoms with Crippen molar-refractivity contribution >= 4 is 22.4 Å². The maximum atomic E-state index is 10.8. The number of nitrogens with zero attached hydrogens (tertiary/aromatic N) is 3. The standard InChI is InChI=1S/C15H18N4O2/c1-15(9-16)6-7-18(10-15)14-5-2-11-8-12(19(20)21)3-4-13(11)17-14/h2-5,8H,6-7,9-10,16H2,1H3. The molecule has 1 aromatic carbocycles. The molecule has 110 valence electrons. The summed E-state index contributed by atoms with van der Waals surface area (Å²) in [5, 5.41) is 11.6. The minimum atomic E-state index is -0.388. The summed E-state index contributed by atoms with van der Waals surface area (Å²) in [6.45, 7) is 4.70. The highest BCUT2D eigenvalue weighted by atomic mass is 16.6. The fourth-order valence-electron chi connectivity index (χ4n) is 2.78. The number of non-ortho nitro benzene ring substituents is 1. The van der Waals surface area contributed by atoms with Crippen LogP contribution < -0.4 is 10.6 Å². The predicted molar refractivity (Wildman–Crippen MR) is 82.4 cm³/mol. The number of aromatic nitrogens is 1. The maximum Gasteiger partial charge on any atom is 0.270 e. The van der Waals surface area contributed by atoms with Crippen LogP contribution in [0.5, 0.6) is 0 Å². The van der Waals surface area contributed by atoms with Gasteiger partial charge < -0.3 is 10.6 Å². The molecule has 1 fully saturated rings. The fraction of sp³-hybridized carbons (Fsp3) is 0.400. The summed E-state index contributed by atoms with van der Waals surface area (Å²) in [4.78, 5) is 17.3. The van der Waals surface area contributed by atoms with Crippen LogP contribution in [0.25, 0.3) is 10.9 Å². The van der Waals surface area contributed by atoms with Crippen LogP contribution in [0.3, 0.4) is 0 Å². The van der Waals surface area contributed by atoms with Crippen LogP contribution in [0, 0.1) is 15.5 Å². The molecular formula is C15H18N4O2. The number of benzene rings is 1. The third-order valence-electron chi connectivity index (χ3n) is 4.24. The fourth-order valence-corrected chi connectivity index (χ4v) is 2.78. The average Bonchev–Trinajstić information content (AvgIpc) is 2.89. The van der Waals surface area contributed by atoms with Crippen molar-refractivity contribution in [1.29, 1.82) is 0 Å². The van der Waals surface area contributed by atoms with E-state index in [0.29, 0.717) is 6.54 Å². The molecule has 0 bridgehead atoms. The van der Waals surface area contributed by atoms with Crippen LogP contribution in [0.15, 0.2) is 30.3 Å². The summed E-state index contributed by atoms with van der Waals surface area (Å²) in [7, 11) is 0. The van der Waals surface area contributed by atoms with Crippen molar-refractivity contribution in [3.8, 4) is 0 Å². The average molecular weight is 286 g/mol. The molecule has 1 unspecified atom stereocenters. The lowest BCUT2D eigenvalue weighted by atomic mass is 9.90. The molecule has 2 heterocycles. The summed E-state index contributed by atoms with van der Waals surface area (Å²) in [6, 6.07) is 8.57. The lowest BCUT2D eigenvalue weighted by Crippen LogP contribution is -2.31. The first-order chi connectivity index (χ1) is 10.0. The zero-order chi connectivity index (χ0) is 15.0. The quantitative estimate of drug-likeness (QED) is 0.691. The van der Waals surface area contributed by atoms with Gasteiger partial charge in [-0.3, -0.25) is 10.1 Å². The van der Waals surface area contributed by atoms with E-state index in [-0.39, 0.29) is 16.0 Å². The predicted octanol–water partition coefficient (Wildman–Crippen LogP) is 2.32. The molecule has 6 nitrogen and oxygen atoms in total. The van der Waals surface area contributed by atoms with E-state index in [1.165, 1.54) is 6.07 Å². The highest BCUT2D eigenvalue weighted by Crippen LogP contribution is 2.32. The molecule has 2 N–H and O–H groups in total. The largest absolute Gasteiger partial charge is 0.356 e. The molecule has 0 amide bonds. The third kappa shape index (κ3) is 2.54. The smallest absolute Gasteiger partial charge is 0.270 e. The van der Waals surface area contributed by atoms with Crippen molar-refractivity contribution < 1.29 is 4.92 Å². The first-order valence-corrected chi connectivity index (χ1v) is 7.01. The van der Waals surface area contributed by atoms with E-state index < -0.39 is 0 Å². The van der Waals surface area contributed by atoms with Gasteiger partial charge in [0.2, 0.25) is 0 Å². The summed E-state index contributed by atoms with van der Waals surface area (Å²) < 4.78 is 0. The number of anilines is 1. The van der Waals surface area contributed by atoms with E-state index in [1.54, 1.807) is 12.1 Å².